The summed E-state index contributed by atoms with van der Waals surface area (Å²) in [7, 11) is 0. The van der Waals surface area contributed by atoms with Crippen molar-refractivity contribution < 1.29 is 0 Å². The van der Waals surface area contributed by atoms with Crippen LogP contribution in [0.1, 0.15) is 0 Å². The van der Waals surface area contributed by atoms with Crippen molar-refractivity contribution >= 4 is 194 Å². The van der Waals surface area contributed by atoms with E-state index in [-0.39, 0.29) is 6.71 Å². The van der Waals surface area contributed by atoms with Crippen LogP contribution in [0.2, 0.25) is 0 Å². The van der Waals surface area contributed by atoms with Gasteiger partial charge in [0.1, 0.15) is 0 Å². The summed E-state index contributed by atoms with van der Waals surface area (Å²) in [6.45, 7) is -0.0745. The highest BCUT2D eigenvalue weighted by Gasteiger charge is 2.42. The van der Waals surface area contributed by atoms with Gasteiger partial charge in [-0.25, -0.2) is 0 Å². The fourth-order valence-corrected chi connectivity index (χ4v) is 19.2. The summed E-state index contributed by atoms with van der Waals surface area (Å²) in [4.78, 5) is 0. The van der Waals surface area contributed by atoms with Gasteiger partial charge in [-0.3, -0.25) is 0 Å². The second-order valence-corrected chi connectivity index (χ2v) is 26.6. The van der Waals surface area contributed by atoms with Crippen molar-refractivity contribution in [1.82, 2.24) is 9.13 Å². The Labute approximate surface area is 492 Å². The summed E-state index contributed by atoms with van der Waals surface area (Å²) in [5.74, 6) is 0. The number of benzene rings is 14. The molecule has 384 valence electrons. The first-order valence-electron chi connectivity index (χ1n) is 29.0. The molecule has 2 aliphatic rings. The van der Waals surface area contributed by atoms with Gasteiger partial charge in [-0.15, -0.1) is 34.0 Å². The number of hydrogen-bond donors (Lipinski definition) is 0. The maximum absolute atomic E-state index is 2.66. The molecule has 0 unspecified atom stereocenters. The van der Waals surface area contributed by atoms with E-state index in [1.807, 2.05) is 34.0 Å². The van der Waals surface area contributed by atoms with E-state index in [0.29, 0.717) is 0 Å². The maximum Gasteiger partial charge on any atom is 0.252 e. The highest BCUT2D eigenvalue weighted by atomic mass is 32.1. The second-order valence-electron chi connectivity index (χ2n) is 23.4. The van der Waals surface area contributed by atoms with Crippen molar-refractivity contribution in [3.05, 3.63) is 249 Å². The Kier molecular flexibility index (Phi) is 8.55. The van der Waals surface area contributed by atoms with Crippen LogP contribution in [0, 0.1) is 0 Å². The molecule has 0 saturated heterocycles. The Morgan fingerprint density at radius 1 is 0.238 bits per heavy atom. The van der Waals surface area contributed by atoms with Gasteiger partial charge >= 0.3 is 0 Å². The third-order valence-electron chi connectivity index (χ3n) is 19.2. The van der Waals surface area contributed by atoms with Crippen molar-refractivity contribution in [3.63, 3.8) is 0 Å². The van der Waals surface area contributed by atoms with Gasteiger partial charge in [0, 0.05) is 110 Å². The zero-order valence-electron chi connectivity index (χ0n) is 44.9. The van der Waals surface area contributed by atoms with Crippen LogP contribution < -0.4 is 16.4 Å². The number of thiophene rings is 3. The largest absolute Gasteiger partial charge is 0.310 e. The lowest BCUT2D eigenvalue weighted by Crippen LogP contribution is -2.59. The average Bonchev–Trinajstić information content (AvgIpc) is 1.61. The van der Waals surface area contributed by atoms with Crippen LogP contribution >= 0.6 is 34.0 Å². The van der Waals surface area contributed by atoms with Crippen LogP contribution in [-0.2, 0) is 0 Å². The summed E-state index contributed by atoms with van der Waals surface area (Å²) in [5.41, 5.74) is 19.0. The van der Waals surface area contributed by atoms with E-state index in [4.69, 9.17) is 0 Å². The highest BCUT2D eigenvalue weighted by Crippen LogP contribution is 2.48. The monoisotopic (exact) mass is 1110 g/mol. The first kappa shape index (κ1) is 44.8. The van der Waals surface area contributed by atoms with Crippen LogP contribution in [0.3, 0.4) is 0 Å². The van der Waals surface area contributed by atoms with Gasteiger partial charge in [0.15, 0.2) is 0 Å². The molecular weight excluding hydrogens is 1070 g/mol. The molecule has 0 amide bonds. The molecular formula is C78H41BN2S3. The first-order valence-corrected chi connectivity index (χ1v) is 31.4. The molecule has 0 bridgehead atoms. The lowest BCUT2D eigenvalue weighted by molar-refractivity contribution is 1.14. The molecule has 0 N–H and O–H groups in total. The summed E-state index contributed by atoms with van der Waals surface area (Å²) in [6, 6.07) is 95.8. The topological polar surface area (TPSA) is 9.86 Å². The van der Waals surface area contributed by atoms with Crippen LogP contribution in [0.4, 0.5) is 0 Å². The fourth-order valence-electron chi connectivity index (χ4n) is 15.7. The molecule has 0 aliphatic carbocycles. The molecule has 2 nitrogen and oxygen atoms in total. The molecule has 0 spiro atoms. The molecule has 5 aromatic heterocycles. The van der Waals surface area contributed by atoms with Crippen molar-refractivity contribution in [2.45, 2.75) is 0 Å². The van der Waals surface area contributed by atoms with E-state index in [0.717, 1.165) is 0 Å². The number of nitrogens with zero attached hydrogens (tertiary/aromatic N) is 2. The molecule has 84 heavy (non-hydrogen) atoms. The molecule has 2 aliphatic heterocycles. The third kappa shape index (κ3) is 5.75. The van der Waals surface area contributed by atoms with Gasteiger partial charge in [0.2, 0.25) is 0 Å². The van der Waals surface area contributed by atoms with Crippen molar-refractivity contribution in [2.24, 2.45) is 0 Å². The Morgan fingerprint density at radius 3 is 1.18 bits per heavy atom. The number of hydrogen-bond acceptors (Lipinski definition) is 3. The lowest BCUT2D eigenvalue weighted by Gasteiger charge is -2.34. The lowest BCUT2D eigenvalue weighted by atomic mass is 9.34. The molecule has 7 heterocycles. The molecule has 19 aromatic rings. The SMILES string of the molecule is c1cc2c3c(c1)-n1c4ccc5c6ccccc6c6ccccc6c5c4c4cc(-c5ccc6c(c5)sc5ccccc56)cc(c41)B3c1cc(-c3ccc4c(c3)sc3ccccc34)cc3c4cc(-c5ccc6c(c5)sc5ccccc56)ccc4n-2c13. The van der Waals surface area contributed by atoms with E-state index < -0.39 is 0 Å². The fraction of sp³-hybridized carbons (Fsp3) is 0. The molecule has 0 radical (unpaired) electrons. The van der Waals surface area contributed by atoms with Gasteiger partial charge < -0.3 is 9.13 Å². The minimum absolute atomic E-state index is 0.0745. The van der Waals surface area contributed by atoms with E-state index in [1.54, 1.807) is 0 Å². The quantitative estimate of drug-likeness (QED) is 0.123. The molecule has 0 saturated carbocycles. The van der Waals surface area contributed by atoms with Crippen molar-refractivity contribution in [3.8, 4) is 44.8 Å². The second kappa shape index (κ2) is 16.0. The van der Waals surface area contributed by atoms with E-state index >= 15 is 0 Å². The molecule has 0 fully saturated rings. The predicted octanol–water partition coefficient (Wildman–Crippen LogP) is 20.6. The smallest absolute Gasteiger partial charge is 0.252 e. The normalized spacial score (nSPS) is 13.0. The number of fused-ring (bicyclic) bond motifs is 26. The standard InChI is InChI=1S/C78H41BN2S3/c1-2-14-50-48(12-1)49-13-3-4-18-57(49)74-58(50)31-33-65-75(74)61-36-47(45-26-30-56-53-17-7-10-23-70(53)84-73(56)41-45)38-63-78(61)81(65)67-20-11-19-66-76(67)79(63)62-37-46(44-25-29-55-52-16-6-9-22-69(52)83-72(55)40-44)35-60-59-34-42(27-32-64(59)80(66)77(60)62)43-24-28-54-51-15-5-8-21-68(51)82-71(54)39-43/h1-41H. The number of rotatable bonds is 3. The summed E-state index contributed by atoms with van der Waals surface area (Å²) >= 11 is 5.69. The number of aromatic nitrogens is 2. The van der Waals surface area contributed by atoms with E-state index in [2.05, 4.69) is 258 Å². The van der Waals surface area contributed by atoms with Crippen LogP contribution in [0.25, 0.3) is 181 Å². The van der Waals surface area contributed by atoms with E-state index in [9.17, 15) is 0 Å². The summed E-state index contributed by atoms with van der Waals surface area (Å²) in [6.07, 6.45) is 0. The summed E-state index contributed by atoms with van der Waals surface area (Å²) < 4.78 is 13.2. The van der Waals surface area contributed by atoms with Crippen molar-refractivity contribution in [2.75, 3.05) is 0 Å². The van der Waals surface area contributed by atoms with Gasteiger partial charge in [-0.2, -0.15) is 0 Å². The first-order chi connectivity index (χ1) is 41.6. The van der Waals surface area contributed by atoms with Gasteiger partial charge in [-0.05, 0) is 156 Å². The van der Waals surface area contributed by atoms with Gasteiger partial charge in [-0.1, -0.05) is 170 Å². The Bertz CT molecular complexity index is 6230. The van der Waals surface area contributed by atoms with Gasteiger partial charge in [0.25, 0.3) is 6.71 Å². The van der Waals surface area contributed by atoms with Crippen LogP contribution in [-0.4, -0.2) is 15.8 Å². The van der Waals surface area contributed by atoms with Crippen LogP contribution in [0.15, 0.2) is 249 Å². The maximum atomic E-state index is 2.66. The average molecular weight is 1110 g/mol. The Balaban J connectivity index is 0.895. The molecule has 21 rings (SSSR count). The van der Waals surface area contributed by atoms with Crippen molar-refractivity contribution in [1.29, 1.82) is 0 Å². The zero-order valence-corrected chi connectivity index (χ0v) is 47.3. The summed E-state index contributed by atoms with van der Waals surface area (Å²) in [5, 5.41) is 20.9. The van der Waals surface area contributed by atoms with Gasteiger partial charge in [0.05, 0.1) is 11.0 Å². The zero-order chi connectivity index (χ0) is 54.2. The molecule has 0 atom stereocenters. The van der Waals surface area contributed by atoms with E-state index in [1.165, 1.54) is 198 Å². The predicted molar refractivity (Wildman–Crippen MR) is 367 cm³/mol. The van der Waals surface area contributed by atoms with Crippen LogP contribution in [0.5, 0.6) is 0 Å². The molecule has 6 heteroatoms. The Hall–Kier alpha value is -9.82. The minimum Gasteiger partial charge on any atom is -0.310 e. The highest BCUT2D eigenvalue weighted by molar-refractivity contribution is 7.26. The molecule has 14 aromatic carbocycles. The Morgan fingerprint density at radius 2 is 0.619 bits per heavy atom. The minimum atomic E-state index is -0.0745. The third-order valence-corrected chi connectivity index (χ3v) is 22.6.